The van der Waals surface area contributed by atoms with E-state index in [1.54, 1.807) is 0 Å². The zero-order valence-corrected chi connectivity index (χ0v) is 31.0. The standard InChI is InChI=1S/C54H35N3/c1-3-13-36(14-4-1)38-25-29-40(30-26-38)55(41-31-27-39(28-32-41)37-15-5-2-6-16-37)42-33-34-50-48(35-42)47-21-12-20-46-45-19-11-18-44-43-17-7-8-22-49(43)56(53(44)45)51-23-9-10-24-52(51)57(50)54(46)47/h1-35H. The van der Waals surface area contributed by atoms with E-state index in [9.17, 15) is 0 Å². The van der Waals surface area contributed by atoms with Gasteiger partial charge in [0.25, 0.3) is 0 Å². The number of fused-ring (bicyclic) bond motifs is 10. The Bertz CT molecular complexity index is 3400. The number of para-hydroxylation sites is 5. The molecule has 0 fully saturated rings. The molecule has 3 heterocycles. The van der Waals surface area contributed by atoms with Crippen LogP contribution in [0.2, 0.25) is 0 Å². The summed E-state index contributed by atoms with van der Waals surface area (Å²) in [6, 6.07) is 77.5. The van der Waals surface area contributed by atoms with Gasteiger partial charge in [-0.25, -0.2) is 0 Å². The average Bonchev–Trinajstić information content (AvgIpc) is 3.80. The second-order valence-corrected chi connectivity index (χ2v) is 14.9. The normalized spacial score (nSPS) is 11.9. The molecule has 0 unspecified atom stereocenters. The van der Waals surface area contributed by atoms with Gasteiger partial charge in [0.05, 0.1) is 33.1 Å². The minimum absolute atomic E-state index is 1.10. The number of hydrogen-bond acceptors (Lipinski definition) is 1. The molecular formula is C54H35N3. The third-order valence-corrected chi connectivity index (χ3v) is 11.8. The fourth-order valence-electron chi connectivity index (χ4n) is 9.31. The summed E-state index contributed by atoms with van der Waals surface area (Å²) < 4.78 is 4.99. The average molecular weight is 726 g/mol. The predicted molar refractivity (Wildman–Crippen MR) is 241 cm³/mol. The Morgan fingerprint density at radius 3 is 1.14 bits per heavy atom. The van der Waals surface area contributed by atoms with Crippen LogP contribution in [0.3, 0.4) is 0 Å². The fraction of sp³-hybridized carbons (Fsp3) is 0. The molecule has 0 saturated heterocycles. The van der Waals surface area contributed by atoms with E-state index in [1.807, 2.05) is 0 Å². The monoisotopic (exact) mass is 725 g/mol. The highest BCUT2D eigenvalue weighted by Gasteiger charge is 2.21. The Hall–Kier alpha value is -7.62. The van der Waals surface area contributed by atoms with E-state index in [2.05, 4.69) is 226 Å². The van der Waals surface area contributed by atoms with Crippen LogP contribution in [0.5, 0.6) is 0 Å². The predicted octanol–water partition coefficient (Wildman–Crippen LogP) is 14.8. The van der Waals surface area contributed by atoms with E-state index in [0.29, 0.717) is 0 Å². The maximum absolute atomic E-state index is 2.50. The van der Waals surface area contributed by atoms with Gasteiger partial charge in [-0.2, -0.15) is 0 Å². The van der Waals surface area contributed by atoms with Gasteiger partial charge in [0.2, 0.25) is 0 Å². The molecule has 0 bridgehead atoms. The maximum atomic E-state index is 2.50. The first-order chi connectivity index (χ1) is 28.3. The van der Waals surface area contributed by atoms with Gasteiger partial charge in [0.1, 0.15) is 0 Å². The van der Waals surface area contributed by atoms with Crippen LogP contribution in [0.15, 0.2) is 212 Å². The van der Waals surface area contributed by atoms with Crippen molar-refractivity contribution in [1.82, 2.24) is 8.80 Å². The van der Waals surface area contributed by atoms with E-state index in [-0.39, 0.29) is 0 Å². The molecule has 57 heavy (non-hydrogen) atoms. The first-order valence-corrected chi connectivity index (χ1v) is 19.6. The Balaban J connectivity index is 1.14. The first-order valence-electron chi connectivity index (χ1n) is 19.6. The van der Waals surface area contributed by atoms with Gasteiger partial charge in [-0.1, -0.05) is 152 Å². The summed E-state index contributed by atoms with van der Waals surface area (Å²) in [6.07, 6.45) is 0. The number of rotatable bonds is 5. The van der Waals surface area contributed by atoms with Crippen LogP contribution in [0.25, 0.3) is 87.7 Å². The van der Waals surface area contributed by atoms with Crippen LogP contribution in [-0.2, 0) is 0 Å². The maximum Gasteiger partial charge on any atom is 0.0703 e. The molecule has 0 atom stereocenters. The van der Waals surface area contributed by atoms with Crippen molar-refractivity contribution in [3.05, 3.63) is 212 Å². The Morgan fingerprint density at radius 1 is 0.246 bits per heavy atom. The van der Waals surface area contributed by atoms with Crippen molar-refractivity contribution in [3.8, 4) is 22.3 Å². The highest BCUT2D eigenvalue weighted by Crippen LogP contribution is 2.43. The third kappa shape index (κ3) is 4.79. The zero-order valence-electron chi connectivity index (χ0n) is 31.0. The molecule has 266 valence electrons. The van der Waals surface area contributed by atoms with Gasteiger partial charge >= 0.3 is 0 Å². The van der Waals surface area contributed by atoms with Crippen molar-refractivity contribution in [3.63, 3.8) is 0 Å². The molecule has 0 aliphatic heterocycles. The summed E-state index contributed by atoms with van der Waals surface area (Å²) >= 11 is 0. The summed E-state index contributed by atoms with van der Waals surface area (Å²) in [7, 11) is 0. The summed E-state index contributed by atoms with van der Waals surface area (Å²) in [5.41, 5.74) is 15.3. The van der Waals surface area contributed by atoms with Crippen LogP contribution < -0.4 is 4.90 Å². The van der Waals surface area contributed by atoms with E-state index in [4.69, 9.17) is 0 Å². The van der Waals surface area contributed by atoms with E-state index in [1.165, 1.54) is 87.7 Å². The van der Waals surface area contributed by atoms with Gasteiger partial charge in [-0.3, -0.25) is 0 Å². The molecule has 9 aromatic carbocycles. The molecule has 0 saturated carbocycles. The Labute approximate surface area is 329 Å². The lowest BCUT2D eigenvalue weighted by atomic mass is 10.0. The van der Waals surface area contributed by atoms with Crippen molar-refractivity contribution < 1.29 is 0 Å². The molecule has 0 amide bonds. The molecule has 3 aromatic heterocycles. The van der Waals surface area contributed by atoms with Gasteiger partial charge in [0.15, 0.2) is 0 Å². The highest BCUT2D eigenvalue weighted by molar-refractivity contribution is 6.25. The molecule has 12 aromatic rings. The number of anilines is 3. The van der Waals surface area contributed by atoms with Crippen LogP contribution in [0.1, 0.15) is 0 Å². The molecule has 12 rings (SSSR count). The number of aromatic nitrogens is 2. The summed E-state index contributed by atoms with van der Waals surface area (Å²) in [6.45, 7) is 0. The lowest BCUT2D eigenvalue weighted by molar-refractivity contribution is 1.28. The van der Waals surface area contributed by atoms with Crippen molar-refractivity contribution in [2.75, 3.05) is 4.90 Å². The zero-order chi connectivity index (χ0) is 37.5. The van der Waals surface area contributed by atoms with E-state index >= 15 is 0 Å². The van der Waals surface area contributed by atoms with Crippen LogP contribution in [0.4, 0.5) is 17.1 Å². The number of benzene rings is 9. The Morgan fingerprint density at radius 2 is 0.614 bits per heavy atom. The Kier molecular flexibility index (Phi) is 6.93. The van der Waals surface area contributed by atoms with Crippen molar-refractivity contribution in [2.24, 2.45) is 0 Å². The largest absolute Gasteiger partial charge is 0.310 e. The van der Waals surface area contributed by atoms with Crippen molar-refractivity contribution in [1.29, 1.82) is 0 Å². The third-order valence-electron chi connectivity index (χ3n) is 11.8. The lowest BCUT2D eigenvalue weighted by Gasteiger charge is -2.26. The molecular weight excluding hydrogens is 691 g/mol. The van der Waals surface area contributed by atoms with Crippen LogP contribution in [0, 0.1) is 0 Å². The molecule has 0 N–H and O–H groups in total. The minimum atomic E-state index is 1.10. The second kappa shape index (κ2) is 12.5. The molecule has 0 spiro atoms. The quantitative estimate of drug-likeness (QED) is 0.172. The molecule has 3 heteroatoms. The van der Waals surface area contributed by atoms with Crippen LogP contribution in [-0.4, -0.2) is 8.80 Å². The van der Waals surface area contributed by atoms with Crippen LogP contribution >= 0.6 is 0 Å². The molecule has 3 nitrogen and oxygen atoms in total. The summed E-state index contributed by atoms with van der Waals surface area (Å²) in [5, 5.41) is 7.47. The van der Waals surface area contributed by atoms with Crippen molar-refractivity contribution >= 4 is 82.5 Å². The summed E-state index contributed by atoms with van der Waals surface area (Å²) in [4.78, 5) is 2.39. The molecule has 0 aliphatic carbocycles. The second-order valence-electron chi connectivity index (χ2n) is 14.9. The van der Waals surface area contributed by atoms with Crippen molar-refractivity contribution in [2.45, 2.75) is 0 Å². The highest BCUT2D eigenvalue weighted by atomic mass is 15.1. The molecule has 0 radical (unpaired) electrons. The smallest absolute Gasteiger partial charge is 0.0703 e. The van der Waals surface area contributed by atoms with Gasteiger partial charge in [0, 0.05) is 49.4 Å². The number of nitrogens with zero attached hydrogens (tertiary/aromatic N) is 3. The minimum Gasteiger partial charge on any atom is -0.310 e. The SMILES string of the molecule is c1ccc(-c2ccc(N(c3ccc(-c4ccccc4)cc3)c3ccc4c(c3)c3cccc5c6cccc7c8ccccc8n(c8ccccc8n4c35)c76)cc2)cc1. The van der Waals surface area contributed by atoms with Gasteiger partial charge in [-0.05, 0) is 82.9 Å². The fourth-order valence-corrected chi connectivity index (χ4v) is 9.31. The van der Waals surface area contributed by atoms with E-state index in [0.717, 1.165) is 17.1 Å². The van der Waals surface area contributed by atoms with Gasteiger partial charge in [-0.15, -0.1) is 0 Å². The first kappa shape index (κ1) is 31.7. The summed E-state index contributed by atoms with van der Waals surface area (Å²) in [5.74, 6) is 0. The topological polar surface area (TPSA) is 12.1 Å². The number of hydrogen-bond donors (Lipinski definition) is 0. The molecule has 0 aliphatic rings. The van der Waals surface area contributed by atoms with E-state index < -0.39 is 0 Å². The van der Waals surface area contributed by atoms with Gasteiger partial charge < -0.3 is 13.7 Å². The lowest BCUT2D eigenvalue weighted by Crippen LogP contribution is -2.09.